The van der Waals surface area contributed by atoms with Gasteiger partial charge in [-0.3, -0.25) is 14.8 Å². The number of nitrogens with zero attached hydrogens (tertiary/aromatic N) is 3. The molecule has 1 heterocycles. The Kier molecular flexibility index (Phi) is 4.54. The molecule has 1 aromatic heterocycles. The molecule has 2 rings (SSSR count). The van der Waals surface area contributed by atoms with E-state index in [2.05, 4.69) is 10.4 Å². The smallest absolute Gasteiger partial charge is 0.271 e. The van der Waals surface area contributed by atoms with Gasteiger partial charge in [-0.1, -0.05) is 11.6 Å². The molecular formula is C12H13ClN4O3. The zero-order chi connectivity index (χ0) is 14.5. The molecule has 0 unspecified atom stereocenters. The predicted molar refractivity (Wildman–Crippen MR) is 74.7 cm³/mol. The number of aliphatic hydroxyl groups excluding tert-OH is 1. The number of halogens is 1. The number of nitro groups is 1. The molecule has 0 bridgehead atoms. The second-order valence-corrected chi connectivity index (χ2v) is 4.52. The van der Waals surface area contributed by atoms with Crippen molar-refractivity contribution >= 4 is 23.0 Å². The van der Waals surface area contributed by atoms with Crippen LogP contribution in [0.1, 0.15) is 5.56 Å². The Morgan fingerprint density at radius 1 is 1.50 bits per heavy atom. The third-order valence-corrected chi connectivity index (χ3v) is 2.97. The molecule has 0 aliphatic rings. The van der Waals surface area contributed by atoms with Crippen LogP contribution in [0.2, 0.25) is 5.02 Å². The minimum absolute atomic E-state index is 0.0305. The van der Waals surface area contributed by atoms with Crippen LogP contribution >= 0.6 is 11.6 Å². The van der Waals surface area contributed by atoms with E-state index in [1.165, 1.54) is 12.1 Å². The van der Waals surface area contributed by atoms with Crippen molar-refractivity contribution in [1.29, 1.82) is 0 Å². The molecule has 0 spiro atoms. The number of hydrogen-bond acceptors (Lipinski definition) is 5. The lowest BCUT2D eigenvalue weighted by atomic mass is 10.2. The van der Waals surface area contributed by atoms with Gasteiger partial charge in [0.2, 0.25) is 0 Å². The number of anilines is 1. The topological polar surface area (TPSA) is 93.2 Å². The fraction of sp³-hybridized carbons (Fsp3) is 0.250. The number of aromatic nitrogens is 2. The highest BCUT2D eigenvalue weighted by Crippen LogP contribution is 2.26. The number of hydrogen-bond donors (Lipinski definition) is 2. The Labute approximate surface area is 119 Å². The predicted octanol–water partition coefficient (Wildman–Crippen LogP) is 2.05. The second-order valence-electron chi connectivity index (χ2n) is 4.11. The first-order chi connectivity index (χ1) is 9.60. The van der Waals surface area contributed by atoms with Gasteiger partial charge in [0.1, 0.15) is 0 Å². The summed E-state index contributed by atoms with van der Waals surface area (Å²) in [6, 6.07) is 4.26. The van der Waals surface area contributed by atoms with Crippen molar-refractivity contribution in [3.8, 4) is 0 Å². The summed E-state index contributed by atoms with van der Waals surface area (Å²) in [5, 5.41) is 26.8. The molecule has 2 aromatic rings. The molecular weight excluding hydrogens is 284 g/mol. The summed E-state index contributed by atoms with van der Waals surface area (Å²) in [7, 11) is 0. The average Bonchev–Trinajstić information content (AvgIpc) is 2.85. The number of rotatable bonds is 6. The number of aliphatic hydroxyl groups is 1. The normalized spacial score (nSPS) is 10.5. The van der Waals surface area contributed by atoms with Crippen molar-refractivity contribution in [3.05, 3.63) is 51.3 Å². The van der Waals surface area contributed by atoms with Crippen LogP contribution < -0.4 is 5.32 Å². The summed E-state index contributed by atoms with van der Waals surface area (Å²) >= 11 is 5.97. The highest BCUT2D eigenvalue weighted by Gasteiger charge is 2.09. The van der Waals surface area contributed by atoms with E-state index in [0.29, 0.717) is 23.8 Å². The molecule has 7 nitrogen and oxygen atoms in total. The van der Waals surface area contributed by atoms with Gasteiger partial charge in [-0.2, -0.15) is 5.10 Å². The van der Waals surface area contributed by atoms with E-state index in [1.807, 2.05) is 6.20 Å². The first-order valence-electron chi connectivity index (χ1n) is 5.90. The number of nitrogens with one attached hydrogen (secondary N) is 1. The molecule has 0 amide bonds. The Bertz CT molecular complexity index is 614. The minimum atomic E-state index is -0.491. The lowest BCUT2D eigenvalue weighted by Gasteiger charge is -2.06. The third-order valence-electron chi connectivity index (χ3n) is 2.66. The maximum atomic E-state index is 10.6. The molecule has 0 atom stereocenters. The summed E-state index contributed by atoms with van der Waals surface area (Å²) < 4.78 is 1.63. The van der Waals surface area contributed by atoms with E-state index in [9.17, 15) is 10.1 Å². The molecule has 20 heavy (non-hydrogen) atoms. The van der Waals surface area contributed by atoms with Gasteiger partial charge in [0, 0.05) is 30.4 Å². The van der Waals surface area contributed by atoms with Crippen molar-refractivity contribution in [2.45, 2.75) is 13.1 Å². The number of nitro benzene ring substituents is 1. The van der Waals surface area contributed by atoms with Gasteiger partial charge in [0.25, 0.3) is 5.69 Å². The van der Waals surface area contributed by atoms with Gasteiger partial charge in [-0.25, -0.2) is 0 Å². The van der Waals surface area contributed by atoms with Crippen LogP contribution in [0.4, 0.5) is 11.4 Å². The molecule has 0 saturated heterocycles. The summed E-state index contributed by atoms with van der Waals surface area (Å²) in [5.41, 5.74) is 1.50. The fourth-order valence-corrected chi connectivity index (χ4v) is 1.92. The van der Waals surface area contributed by atoms with Crippen LogP contribution in [0.15, 0.2) is 30.6 Å². The van der Waals surface area contributed by atoms with Gasteiger partial charge < -0.3 is 10.4 Å². The van der Waals surface area contributed by atoms with Gasteiger partial charge >= 0.3 is 0 Å². The summed E-state index contributed by atoms with van der Waals surface area (Å²) in [5.74, 6) is 0. The monoisotopic (exact) mass is 296 g/mol. The van der Waals surface area contributed by atoms with Crippen LogP contribution in [0.25, 0.3) is 0 Å². The van der Waals surface area contributed by atoms with Crippen molar-refractivity contribution in [3.63, 3.8) is 0 Å². The standard InChI is InChI=1S/C12H13ClN4O3/c13-11-5-10(17(19)20)1-2-12(11)14-6-9-7-15-16(8-9)3-4-18/h1-2,5,7-8,14,18H,3-4,6H2. The highest BCUT2D eigenvalue weighted by molar-refractivity contribution is 6.33. The maximum absolute atomic E-state index is 10.6. The SMILES string of the molecule is O=[N+]([O-])c1ccc(NCc2cnn(CCO)c2)c(Cl)c1. The van der Waals surface area contributed by atoms with E-state index >= 15 is 0 Å². The fourth-order valence-electron chi connectivity index (χ4n) is 1.68. The largest absolute Gasteiger partial charge is 0.394 e. The third kappa shape index (κ3) is 3.46. The van der Waals surface area contributed by atoms with E-state index < -0.39 is 4.92 Å². The van der Waals surface area contributed by atoms with Gasteiger partial charge in [-0.05, 0) is 6.07 Å². The van der Waals surface area contributed by atoms with Gasteiger partial charge in [0.05, 0.1) is 35.0 Å². The minimum Gasteiger partial charge on any atom is -0.394 e. The lowest BCUT2D eigenvalue weighted by molar-refractivity contribution is -0.384. The molecule has 0 aliphatic carbocycles. The van der Waals surface area contributed by atoms with Crippen molar-refractivity contribution in [2.24, 2.45) is 0 Å². The van der Waals surface area contributed by atoms with Crippen LogP contribution in [0.5, 0.6) is 0 Å². The quantitative estimate of drug-likeness (QED) is 0.628. The second kappa shape index (κ2) is 6.36. The molecule has 0 aliphatic heterocycles. The average molecular weight is 297 g/mol. The summed E-state index contributed by atoms with van der Waals surface area (Å²) in [6.07, 6.45) is 3.49. The maximum Gasteiger partial charge on any atom is 0.271 e. The highest BCUT2D eigenvalue weighted by atomic mass is 35.5. The van der Waals surface area contributed by atoms with Crippen molar-refractivity contribution in [2.75, 3.05) is 11.9 Å². The van der Waals surface area contributed by atoms with Crippen LogP contribution in [-0.4, -0.2) is 26.4 Å². The Morgan fingerprint density at radius 2 is 2.30 bits per heavy atom. The van der Waals surface area contributed by atoms with E-state index in [4.69, 9.17) is 16.7 Å². The van der Waals surface area contributed by atoms with Crippen molar-refractivity contribution in [1.82, 2.24) is 9.78 Å². The van der Waals surface area contributed by atoms with Crippen LogP contribution in [-0.2, 0) is 13.1 Å². The first kappa shape index (κ1) is 14.3. The molecule has 0 saturated carbocycles. The first-order valence-corrected chi connectivity index (χ1v) is 6.28. The molecule has 106 valence electrons. The zero-order valence-electron chi connectivity index (χ0n) is 10.5. The van der Waals surface area contributed by atoms with E-state index in [1.54, 1.807) is 16.9 Å². The van der Waals surface area contributed by atoms with E-state index in [-0.39, 0.29) is 12.3 Å². The zero-order valence-corrected chi connectivity index (χ0v) is 11.2. The Hall–Kier alpha value is -2.12. The Balaban J connectivity index is 2.01. The number of benzene rings is 1. The molecule has 0 fully saturated rings. The van der Waals surface area contributed by atoms with Gasteiger partial charge in [0.15, 0.2) is 0 Å². The molecule has 8 heteroatoms. The molecule has 1 aromatic carbocycles. The van der Waals surface area contributed by atoms with Crippen LogP contribution in [0, 0.1) is 10.1 Å². The Morgan fingerprint density at radius 3 is 2.95 bits per heavy atom. The molecule has 2 N–H and O–H groups in total. The van der Waals surface area contributed by atoms with E-state index in [0.717, 1.165) is 5.56 Å². The number of non-ortho nitro benzene ring substituents is 1. The van der Waals surface area contributed by atoms with Gasteiger partial charge in [-0.15, -0.1) is 0 Å². The lowest BCUT2D eigenvalue weighted by Crippen LogP contribution is -2.02. The van der Waals surface area contributed by atoms with Crippen molar-refractivity contribution < 1.29 is 10.0 Å². The van der Waals surface area contributed by atoms with Crippen LogP contribution in [0.3, 0.4) is 0 Å². The summed E-state index contributed by atoms with van der Waals surface area (Å²) in [6.45, 7) is 0.962. The summed E-state index contributed by atoms with van der Waals surface area (Å²) in [4.78, 5) is 10.1. The molecule has 0 radical (unpaired) electrons.